The molecular formula is C23H50ClNS. The van der Waals surface area contributed by atoms with Gasteiger partial charge >= 0.3 is 0 Å². The van der Waals surface area contributed by atoms with Crippen LogP contribution in [0.2, 0.25) is 0 Å². The van der Waals surface area contributed by atoms with E-state index in [-0.39, 0.29) is 12.4 Å². The summed E-state index contributed by atoms with van der Waals surface area (Å²) >= 11 is 2.18. The first-order valence-electron chi connectivity index (χ1n) is 11.5. The van der Waals surface area contributed by atoms with Gasteiger partial charge in [0.1, 0.15) is 5.88 Å². The molecule has 0 atom stereocenters. The number of thioether (sulfide) groups is 1. The topological polar surface area (TPSA) is 0 Å². The smallest absolute Gasteiger partial charge is 0.125 e. The summed E-state index contributed by atoms with van der Waals surface area (Å²) in [6, 6.07) is 0. The molecule has 0 bridgehead atoms. The summed E-state index contributed by atoms with van der Waals surface area (Å²) < 4.78 is 1.20. The van der Waals surface area contributed by atoms with E-state index in [2.05, 4.69) is 39.7 Å². The molecule has 0 spiro atoms. The van der Waals surface area contributed by atoms with Crippen LogP contribution in [0.4, 0.5) is 0 Å². The van der Waals surface area contributed by atoms with Crippen LogP contribution < -0.4 is 12.4 Å². The molecule has 0 amide bonds. The minimum atomic E-state index is 0. The molecule has 3 heteroatoms. The molecule has 0 fully saturated rings. The summed E-state index contributed by atoms with van der Waals surface area (Å²) in [7, 11) is 4.83. The zero-order valence-electron chi connectivity index (χ0n) is 18.7. The summed E-state index contributed by atoms with van der Waals surface area (Å²) in [5, 5.41) is 0. The van der Waals surface area contributed by atoms with Crippen molar-refractivity contribution >= 4 is 11.8 Å². The van der Waals surface area contributed by atoms with E-state index in [1.54, 1.807) is 0 Å². The summed E-state index contributed by atoms with van der Waals surface area (Å²) in [6.45, 7) is 5.95. The standard InChI is InChI=1S/C23H50NS.ClH/c1-5-7-9-11-13-14-15-16-18-20-22-25-23-24(3,4)21-19-17-12-10-8-6-2;/h5-23H2,1-4H3;1H/q+1;/p-1. The third kappa shape index (κ3) is 22.6. The van der Waals surface area contributed by atoms with Crippen LogP contribution in [0.1, 0.15) is 117 Å². The summed E-state index contributed by atoms with van der Waals surface area (Å²) in [5.74, 6) is 2.67. The maximum Gasteiger partial charge on any atom is 0.125 e. The molecule has 160 valence electrons. The van der Waals surface area contributed by atoms with Gasteiger partial charge in [0.25, 0.3) is 0 Å². The van der Waals surface area contributed by atoms with E-state index in [4.69, 9.17) is 0 Å². The highest BCUT2D eigenvalue weighted by Gasteiger charge is 2.13. The third-order valence-electron chi connectivity index (χ3n) is 5.20. The second kappa shape index (κ2) is 21.9. The normalized spacial score (nSPS) is 11.5. The Balaban J connectivity index is 0. The Kier molecular flexibility index (Phi) is 24.3. The zero-order chi connectivity index (χ0) is 18.6. The quantitative estimate of drug-likeness (QED) is 0.155. The molecule has 0 rings (SSSR count). The molecule has 0 aliphatic carbocycles. The van der Waals surface area contributed by atoms with E-state index in [0.29, 0.717) is 0 Å². The maximum absolute atomic E-state index is 2.41. The van der Waals surface area contributed by atoms with Crippen LogP contribution in [0.25, 0.3) is 0 Å². The molecule has 0 heterocycles. The van der Waals surface area contributed by atoms with E-state index in [9.17, 15) is 0 Å². The SMILES string of the molecule is CCCCCCCCCCCCSC[N+](C)(C)CCCCCCCC.[Cl-]. The lowest BCUT2D eigenvalue weighted by molar-refractivity contribution is -0.877. The summed E-state index contributed by atoms with van der Waals surface area (Å²) in [5.41, 5.74) is 0. The molecule has 26 heavy (non-hydrogen) atoms. The Labute approximate surface area is 177 Å². The minimum absolute atomic E-state index is 0. The number of halogens is 1. The van der Waals surface area contributed by atoms with Gasteiger partial charge in [-0.05, 0) is 25.0 Å². The number of nitrogens with zero attached hydrogens (tertiary/aromatic N) is 1. The molecular weight excluding hydrogens is 358 g/mol. The van der Waals surface area contributed by atoms with E-state index < -0.39 is 0 Å². The van der Waals surface area contributed by atoms with Crippen molar-refractivity contribution in [3.05, 3.63) is 0 Å². The van der Waals surface area contributed by atoms with Gasteiger partial charge in [-0.1, -0.05) is 97.3 Å². The van der Waals surface area contributed by atoms with E-state index in [1.807, 2.05) is 0 Å². The fourth-order valence-electron chi connectivity index (χ4n) is 3.39. The Morgan fingerprint density at radius 3 is 1.38 bits per heavy atom. The van der Waals surface area contributed by atoms with Gasteiger partial charge in [0.2, 0.25) is 0 Å². The van der Waals surface area contributed by atoms with Crippen LogP contribution >= 0.6 is 11.8 Å². The molecule has 0 unspecified atom stereocenters. The lowest BCUT2D eigenvalue weighted by atomic mass is 10.1. The van der Waals surface area contributed by atoms with Crippen LogP contribution in [0.3, 0.4) is 0 Å². The molecule has 0 radical (unpaired) electrons. The first-order chi connectivity index (χ1) is 12.1. The van der Waals surface area contributed by atoms with Gasteiger partial charge in [-0.25, -0.2) is 0 Å². The second-order valence-electron chi connectivity index (χ2n) is 8.65. The van der Waals surface area contributed by atoms with Crippen molar-refractivity contribution in [2.24, 2.45) is 0 Å². The first kappa shape index (κ1) is 28.8. The highest BCUT2D eigenvalue weighted by atomic mass is 35.5. The highest BCUT2D eigenvalue weighted by Crippen LogP contribution is 2.16. The Morgan fingerprint density at radius 1 is 0.538 bits per heavy atom. The van der Waals surface area contributed by atoms with Crippen molar-refractivity contribution in [3.63, 3.8) is 0 Å². The van der Waals surface area contributed by atoms with Crippen LogP contribution in [0.15, 0.2) is 0 Å². The van der Waals surface area contributed by atoms with Gasteiger partial charge in [-0.2, -0.15) is 0 Å². The average Bonchev–Trinajstić information content (AvgIpc) is 2.59. The molecule has 0 aliphatic rings. The molecule has 0 N–H and O–H groups in total. The molecule has 1 nitrogen and oxygen atoms in total. The Morgan fingerprint density at radius 2 is 0.923 bits per heavy atom. The first-order valence-corrected chi connectivity index (χ1v) is 12.7. The fourth-order valence-corrected chi connectivity index (χ4v) is 4.55. The van der Waals surface area contributed by atoms with E-state index >= 15 is 0 Å². The average molecular weight is 408 g/mol. The maximum atomic E-state index is 2.41. The summed E-state index contributed by atoms with van der Waals surface area (Å²) in [4.78, 5) is 0. The predicted molar refractivity (Wildman–Crippen MR) is 120 cm³/mol. The van der Waals surface area contributed by atoms with Crippen molar-refractivity contribution in [1.29, 1.82) is 0 Å². The van der Waals surface area contributed by atoms with Crippen LogP contribution in [0, 0.1) is 0 Å². The largest absolute Gasteiger partial charge is 1.00 e. The van der Waals surface area contributed by atoms with Crippen molar-refractivity contribution < 1.29 is 16.9 Å². The molecule has 0 aliphatic heterocycles. The van der Waals surface area contributed by atoms with Crippen molar-refractivity contribution in [3.8, 4) is 0 Å². The van der Waals surface area contributed by atoms with Crippen molar-refractivity contribution in [2.45, 2.75) is 117 Å². The molecule has 0 aromatic carbocycles. The van der Waals surface area contributed by atoms with Gasteiger partial charge in [-0.3, -0.25) is 0 Å². The second-order valence-corrected chi connectivity index (χ2v) is 9.72. The Bertz CT molecular complexity index is 259. The Hall–Kier alpha value is 0.600. The lowest BCUT2D eigenvalue weighted by Crippen LogP contribution is -3.00. The predicted octanol–water partition coefficient (Wildman–Crippen LogP) is 5.04. The fraction of sp³-hybridized carbons (Fsp3) is 1.00. The number of hydrogen-bond acceptors (Lipinski definition) is 1. The van der Waals surface area contributed by atoms with Crippen LogP contribution in [-0.2, 0) is 0 Å². The molecule has 0 aromatic heterocycles. The number of rotatable bonds is 20. The van der Waals surface area contributed by atoms with E-state index in [1.165, 1.54) is 125 Å². The number of unbranched alkanes of at least 4 members (excludes halogenated alkanes) is 14. The third-order valence-corrected chi connectivity index (χ3v) is 6.66. The van der Waals surface area contributed by atoms with Crippen molar-refractivity contribution in [1.82, 2.24) is 0 Å². The van der Waals surface area contributed by atoms with E-state index in [0.717, 1.165) is 0 Å². The zero-order valence-corrected chi connectivity index (χ0v) is 20.2. The molecule has 0 saturated carbocycles. The lowest BCUT2D eigenvalue weighted by Gasteiger charge is -2.29. The van der Waals surface area contributed by atoms with Gasteiger partial charge in [0.05, 0.1) is 20.6 Å². The molecule has 0 aromatic rings. The minimum Gasteiger partial charge on any atom is -1.00 e. The van der Waals surface area contributed by atoms with Gasteiger partial charge in [0.15, 0.2) is 0 Å². The highest BCUT2D eigenvalue weighted by molar-refractivity contribution is 7.99. The molecule has 0 saturated heterocycles. The summed E-state index contributed by atoms with van der Waals surface area (Å²) in [6.07, 6.45) is 23.0. The number of quaternary nitrogens is 1. The monoisotopic (exact) mass is 407 g/mol. The van der Waals surface area contributed by atoms with Crippen LogP contribution in [-0.4, -0.2) is 36.8 Å². The van der Waals surface area contributed by atoms with Gasteiger partial charge in [0, 0.05) is 0 Å². The van der Waals surface area contributed by atoms with Gasteiger partial charge < -0.3 is 16.9 Å². The van der Waals surface area contributed by atoms with Crippen LogP contribution in [0.5, 0.6) is 0 Å². The number of hydrogen-bond donors (Lipinski definition) is 0. The van der Waals surface area contributed by atoms with Crippen molar-refractivity contribution in [2.75, 3.05) is 32.3 Å². The van der Waals surface area contributed by atoms with Gasteiger partial charge in [-0.15, -0.1) is 11.8 Å².